The van der Waals surface area contributed by atoms with Gasteiger partial charge in [-0.3, -0.25) is 4.99 Å². The van der Waals surface area contributed by atoms with E-state index < -0.39 is 19.1 Å². The fourth-order valence-corrected chi connectivity index (χ4v) is 5.57. The van der Waals surface area contributed by atoms with Gasteiger partial charge >= 0.3 is 6.18 Å². The van der Waals surface area contributed by atoms with Crippen molar-refractivity contribution in [3.8, 4) is 0 Å². The van der Waals surface area contributed by atoms with Crippen LogP contribution in [0.25, 0.3) is 0 Å². The second kappa shape index (κ2) is 7.93. The molecule has 1 unspecified atom stereocenters. The van der Waals surface area contributed by atoms with Gasteiger partial charge in [-0.1, -0.05) is 91.0 Å². The van der Waals surface area contributed by atoms with Crippen LogP contribution in [0.2, 0.25) is 0 Å². The zero-order chi connectivity index (χ0) is 19.3. The van der Waals surface area contributed by atoms with E-state index in [1.54, 1.807) is 66.7 Å². The summed E-state index contributed by atoms with van der Waals surface area (Å²) in [6, 6.07) is 24.0. The molecule has 0 amide bonds. The van der Waals surface area contributed by atoms with Gasteiger partial charge in [-0.2, -0.15) is 13.2 Å². The third-order valence-corrected chi connectivity index (χ3v) is 7.33. The molecule has 0 aliphatic rings. The van der Waals surface area contributed by atoms with E-state index in [-0.39, 0.29) is 10.6 Å². The summed E-state index contributed by atoms with van der Waals surface area (Å²) >= 11 is 0. The summed E-state index contributed by atoms with van der Waals surface area (Å²) in [7, 11) is -4.12. The lowest BCUT2D eigenvalue weighted by molar-refractivity contribution is -0.128. The van der Waals surface area contributed by atoms with Crippen molar-refractivity contribution in [1.29, 1.82) is 0 Å². The zero-order valence-corrected chi connectivity index (χ0v) is 15.1. The highest BCUT2D eigenvalue weighted by atomic mass is 31.2. The molecule has 0 spiro atoms. The molecule has 0 saturated carbocycles. The molecule has 0 N–H and O–H groups in total. The van der Waals surface area contributed by atoms with Gasteiger partial charge in [0.25, 0.3) is 0 Å². The maximum absolute atomic E-state index is 14.0. The number of aliphatic imine (C=N–C) groups is 1. The molecule has 0 aliphatic carbocycles. The number of hydrogen-bond donors (Lipinski definition) is 0. The van der Waals surface area contributed by atoms with Crippen molar-refractivity contribution in [2.75, 3.05) is 0 Å². The third kappa shape index (κ3) is 4.20. The minimum Gasteiger partial charge on any atom is -0.311 e. The van der Waals surface area contributed by atoms with Crippen LogP contribution in [0.5, 0.6) is 0 Å². The van der Waals surface area contributed by atoms with Gasteiger partial charge in [0.15, 0.2) is 7.14 Å². The molecule has 2 nitrogen and oxygen atoms in total. The molecule has 3 aromatic rings. The molecule has 0 fully saturated rings. The second-order valence-electron chi connectivity index (χ2n) is 5.93. The molecule has 138 valence electrons. The Bertz CT molecular complexity index is 898. The molecule has 0 heterocycles. The fourth-order valence-electron chi connectivity index (χ4n) is 2.81. The molecule has 0 aliphatic heterocycles. The fraction of sp³-hybridized carbons (Fsp3) is 0.0952. The van der Waals surface area contributed by atoms with Crippen LogP contribution in [-0.2, 0) is 4.57 Å². The van der Waals surface area contributed by atoms with E-state index in [4.69, 9.17) is 0 Å². The second-order valence-corrected chi connectivity index (χ2v) is 8.77. The monoisotopic (exact) mass is 387 g/mol. The van der Waals surface area contributed by atoms with E-state index in [0.29, 0.717) is 5.56 Å². The number of benzene rings is 3. The average molecular weight is 387 g/mol. The summed E-state index contributed by atoms with van der Waals surface area (Å²) in [5.41, 5.74) is 0.513. The third-order valence-electron chi connectivity index (χ3n) is 4.08. The van der Waals surface area contributed by atoms with Gasteiger partial charge in [0.1, 0.15) is 0 Å². The van der Waals surface area contributed by atoms with Crippen molar-refractivity contribution in [3.05, 3.63) is 96.6 Å². The summed E-state index contributed by atoms with van der Waals surface area (Å²) in [5, 5.41) is 0.257. The number of nitrogens with zero attached hydrogens (tertiary/aromatic N) is 1. The van der Waals surface area contributed by atoms with Crippen molar-refractivity contribution in [1.82, 2.24) is 0 Å². The first-order valence-corrected chi connectivity index (χ1v) is 10.1. The minimum atomic E-state index is -4.77. The molecule has 0 radical (unpaired) electrons. The summed E-state index contributed by atoms with van der Waals surface area (Å²) in [5.74, 6) is -2.37. The van der Waals surface area contributed by atoms with E-state index in [2.05, 4.69) is 4.99 Å². The average Bonchev–Trinajstić information content (AvgIpc) is 2.69. The van der Waals surface area contributed by atoms with Crippen molar-refractivity contribution < 1.29 is 17.7 Å². The molecule has 27 heavy (non-hydrogen) atoms. The van der Waals surface area contributed by atoms with E-state index >= 15 is 0 Å². The SMILES string of the molecule is O=P(c1ccccc1)(c1ccccc1)C(/N=C/c1ccccc1)C(F)(F)F. The van der Waals surface area contributed by atoms with Crippen LogP contribution in [0.1, 0.15) is 5.56 Å². The van der Waals surface area contributed by atoms with Crippen LogP contribution in [0.15, 0.2) is 96.0 Å². The predicted molar refractivity (Wildman–Crippen MR) is 104 cm³/mol. The summed E-state index contributed by atoms with van der Waals surface area (Å²) in [6.07, 6.45) is -3.64. The lowest BCUT2D eigenvalue weighted by Gasteiger charge is -2.27. The molecule has 6 heteroatoms. The highest BCUT2D eigenvalue weighted by Gasteiger charge is 2.53. The topological polar surface area (TPSA) is 29.4 Å². The Morgan fingerprint density at radius 3 is 1.56 bits per heavy atom. The summed E-state index contributed by atoms with van der Waals surface area (Å²) < 4.78 is 56.0. The number of rotatable bonds is 5. The Labute approximate surface area is 155 Å². The van der Waals surface area contributed by atoms with Gasteiger partial charge in [-0.05, 0) is 5.56 Å². The van der Waals surface area contributed by atoms with Crippen molar-refractivity contribution in [3.63, 3.8) is 0 Å². The Morgan fingerprint density at radius 1 is 0.741 bits per heavy atom. The molecular weight excluding hydrogens is 370 g/mol. The lowest BCUT2D eigenvalue weighted by Crippen LogP contribution is -2.35. The van der Waals surface area contributed by atoms with Gasteiger partial charge in [-0.25, -0.2) is 0 Å². The number of hydrogen-bond acceptors (Lipinski definition) is 2. The number of alkyl halides is 3. The maximum Gasteiger partial charge on any atom is 0.418 e. The molecule has 0 saturated heterocycles. The van der Waals surface area contributed by atoms with Crippen LogP contribution in [0, 0.1) is 0 Å². The Balaban J connectivity index is 2.18. The molecule has 3 aromatic carbocycles. The van der Waals surface area contributed by atoms with Gasteiger partial charge in [0, 0.05) is 16.8 Å². The smallest absolute Gasteiger partial charge is 0.311 e. The van der Waals surface area contributed by atoms with E-state index in [1.165, 1.54) is 24.3 Å². The number of halogens is 3. The Morgan fingerprint density at radius 2 is 1.15 bits per heavy atom. The zero-order valence-electron chi connectivity index (χ0n) is 14.3. The Kier molecular flexibility index (Phi) is 5.62. The van der Waals surface area contributed by atoms with Crippen molar-refractivity contribution >= 4 is 24.0 Å². The van der Waals surface area contributed by atoms with Crippen LogP contribution in [-0.4, -0.2) is 18.2 Å². The van der Waals surface area contributed by atoms with E-state index in [0.717, 1.165) is 6.21 Å². The normalized spacial score (nSPS) is 13.6. The molecular formula is C21H17F3NOP. The van der Waals surface area contributed by atoms with Gasteiger partial charge in [0.2, 0.25) is 5.78 Å². The lowest BCUT2D eigenvalue weighted by atomic mass is 10.2. The summed E-state index contributed by atoms with van der Waals surface area (Å²) in [4.78, 5) is 3.78. The molecule has 1 atom stereocenters. The summed E-state index contributed by atoms with van der Waals surface area (Å²) in [6.45, 7) is 0. The van der Waals surface area contributed by atoms with Crippen LogP contribution in [0.4, 0.5) is 13.2 Å². The van der Waals surface area contributed by atoms with Gasteiger partial charge in [-0.15, -0.1) is 0 Å². The van der Waals surface area contributed by atoms with Crippen molar-refractivity contribution in [2.45, 2.75) is 12.0 Å². The quantitative estimate of drug-likeness (QED) is 0.447. The van der Waals surface area contributed by atoms with Crippen molar-refractivity contribution in [2.24, 2.45) is 4.99 Å². The first-order valence-electron chi connectivity index (χ1n) is 8.28. The van der Waals surface area contributed by atoms with Crippen LogP contribution >= 0.6 is 7.14 Å². The first-order chi connectivity index (χ1) is 12.9. The molecule has 0 aromatic heterocycles. The Hall–Kier alpha value is -2.65. The van der Waals surface area contributed by atoms with Crippen LogP contribution < -0.4 is 10.6 Å². The highest BCUT2D eigenvalue weighted by Crippen LogP contribution is 2.55. The maximum atomic E-state index is 14.0. The highest BCUT2D eigenvalue weighted by molar-refractivity contribution is 7.79. The van der Waals surface area contributed by atoms with Crippen LogP contribution in [0.3, 0.4) is 0 Å². The molecule has 3 rings (SSSR count). The predicted octanol–water partition coefficient (Wildman–Crippen LogP) is 5.01. The van der Waals surface area contributed by atoms with E-state index in [9.17, 15) is 17.7 Å². The molecule has 0 bridgehead atoms. The van der Waals surface area contributed by atoms with E-state index in [1.807, 2.05) is 0 Å². The van der Waals surface area contributed by atoms with Gasteiger partial charge in [0.05, 0.1) is 0 Å². The largest absolute Gasteiger partial charge is 0.418 e. The standard InChI is InChI=1S/C21H17F3NOP/c22-21(23,24)20(25-16-17-10-4-1-5-11-17)27(26,18-12-6-2-7-13-18)19-14-8-3-9-15-19/h1-16,20H/b25-16+. The first kappa shape index (κ1) is 19.1. The van der Waals surface area contributed by atoms with Gasteiger partial charge < -0.3 is 4.57 Å². The minimum absolute atomic E-state index is 0.128.